The highest BCUT2D eigenvalue weighted by atomic mass is 79.9. The van der Waals surface area contributed by atoms with Gasteiger partial charge >= 0.3 is 0 Å². The lowest BCUT2D eigenvalue weighted by molar-refractivity contribution is 0.102. The molecule has 108 valence electrons. The van der Waals surface area contributed by atoms with E-state index in [0.29, 0.717) is 23.3 Å². The van der Waals surface area contributed by atoms with E-state index in [-0.39, 0.29) is 5.78 Å². The Bertz CT molecular complexity index is 761. The number of ether oxygens (including phenoxy) is 1. The fourth-order valence-corrected chi connectivity index (χ4v) is 3.63. The summed E-state index contributed by atoms with van der Waals surface area (Å²) in [6.45, 7) is 1.06. The Kier molecular flexibility index (Phi) is 4.19. The Balaban J connectivity index is 1.99. The molecule has 3 aromatic rings. The predicted octanol–water partition coefficient (Wildman–Crippen LogP) is 3.74. The number of ketones is 1. The second-order valence-corrected chi connectivity index (χ2v) is 6.47. The zero-order valence-electron chi connectivity index (χ0n) is 11.4. The third-order valence-electron chi connectivity index (χ3n) is 3.17. The summed E-state index contributed by atoms with van der Waals surface area (Å²) < 4.78 is 8.56. The molecule has 0 spiro atoms. The molecule has 0 aliphatic carbocycles. The van der Waals surface area contributed by atoms with Crippen LogP contribution < -0.4 is 0 Å². The molecule has 0 bridgehead atoms. The highest BCUT2D eigenvalue weighted by Crippen LogP contribution is 2.29. The van der Waals surface area contributed by atoms with Crippen molar-refractivity contribution in [3.05, 3.63) is 51.6 Å². The van der Waals surface area contributed by atoms with E-state index in [4.69, 9.17) is 4.74 Å². The third kappa shape index (κ3) is 2.79. The minimum atomic E-state index is -0.0170. The lowest BCUT2D eigenvalue weighted by Gasteiger charge is -2.05. The van der Waals surface area contributed by atoms with E-state index in [9.17, 15) is 4.79 Å². The van der Waals surface area contributed by atoms with E-state index in [2.05, 4.69) is 21.0 Å². The van der Waals surface area contributed by atoms with Gasteiger partial charge in [0.05, 0.1) is 28.7 Å². The maximum atomic E-state index is 12.8. The summed E-state index contributed by atoms with van der Waals surface area (Å²) >= 11 is 4.91. The van der Waals surface area contributed by atoms with Crippen molar-refractivity contribution in [1.82, 2.24) is 9.78 Å². The first-order valence-electron chi connectivity index (χ1n) is 6.44. The van der Waals surface area contributed by atoms with Crippen LogP contribution in [0.4, 0.5) is 0 Å². The van der Waals surface area contributed by atoms with Crippen LogP contribution >= 0.6 is 27.3 Å². The molecule has 1 aromatic carbocycles. The Hall–Kier alpha value is -1.50. The standard InChI is InChI=1S/C15H13BrN2O2S/c1-20-7-6-18-14(11(16)9-17-18)15(19)13-8-10-4-2-3-5-12(10)21-13/h2-5,8-9H,6-7H2,1H3. The number of halogens is 1. The lowest BCUT2D eigenvalue weighted by atomic mass is 10.2. The number of rotatable bonds is 5. The number of methoxy groups -OCH3 is 1. The molecule has 2 heterocycles. The van der Waals surface area contributed by atoms with Crippen molar-refractivity contribution in [2.45, 2.75) is 6.54 Å². The van der Waals surface area contributed by atoms with E-state index in [0.717, 1.165) is 15.0 Å². The molecule has 0 atom stereocenters. The second kappa shape index (κ2) is 6.09. The van der Waals surface area contributed by atoms with Crippen LogP contribution in [0.25, 0.3) is 10.1 Å². The minimum absolute atomic E-state index is 0.0170. The molecule has 4 nitrogen and oxygen atoms in total. The van der Waals surface area contributed by atoms with Gasteiger partial charge in [-0.2, -0.15) is 5.10 Å². The van der Waals surface area contributed by atoms with Gasteiger partial charge in [0.25, 0.3) is 0 Å². The van der Waals surface area contributed by atoms with Crippen molar-refractivity contribution >= 4 is 43.1 Å². The second-order valence-electron chi connectivity index (χ2n) is 4.53. The number of carbonyl (C=O) groups excluding carboxylic acids is 1. The average Bonchev–Trinajstić information content (AvgIpc) is 3.08. The first-order valence-corrected chi connectivity index (χ1v) is 8.05. The van der Waals surface area contributed by atoms with Crippen LogP contribution in [0.2, 0.25) is 0 Å². The molecule has 21 heavy (non-hydrogen) atoms. The molecule has 0 N–H and O–H groups in total. The maximum absolute atomic E-state index is 12.8. The predicted molar refractivity (Wildman–Crippen MR) is 87.1 cm³/mol. The third-order valence-corrected chi connectivity index (χ3v) is 4.86. The van der Waals surface area contributed by atoms with Crippen LogP contribution in [-0.4, -0.2) is 29.3 Å². The van der Waals surface area contributed by atoms with Gasteiger partial charge in [-0.05, 0) is 33.4 Å². The summed E-state index contributed by atoms with van der Waals surface area (Å²) in [5.74, 6) is -0.0170. The van der Waals surface area contributed by atoms with Crippen molar-refractivity contribution in [3.8, 4) is 0 Å². The van der Waals surface area contributed by atoms with Gasteiger partial charge in [-0.3, -0.25) is 9.48 Å². The number of fused-ring (bicyclic) bond motifs is 1. The Labute approximate surface area is 134 Å². The van der Waals surface area contributed by atoms with E-state index in [1.54, 1.807) is 18.0 Å². The van der Waals surface area contributed by atoms with Gasteiger partial charge in [-0.1, -0.05) is 18.2 Å². The van der Waals surface area contributed by atoms with Crippen molar-refractivity contribution in [1.29, 1.82) is 0 Å². The molecule has 2 aromatic heterocycles. The van der Waals surface area contributed by atoms with E-state index < -0.39 is 0 Å². The first kappa shape index (κ1) is 14.4. The summed E-state index contributed by atoms with van der Waals surface area (Å²) in [5, 5.41) is 5.32. The van der Waals surface area contributed by atoms with Gasteiger partial charge in [0, 0.05) is 11.8 Å². The Morgan fingerprint density at radius 2 is 2.24 bits per heavy atom. The van der Waals surface area contributed by atoms with Crippen LogP contribution in [0, 0.1) is 0 Å². The van der Waals surface area contributed by atoms with Crippen molar-refractivity contribution in [2.24, 2.45) is 0 Å². The van der Waals surface area contributed by atoms with Crippen LogP contribution in [0.5, 0.6) is 0 Å². The van der Waals surface area contributed by atoms with Crippen molar-refractivity contribution in [3.63, 3.8) is 0 Å². The number of hydrogen-bond donors (Lipinski definition) is 0. The molecule has 0 saturated heterocycles. The molecular formula is C15H13BrN2O2S. The Morgan fingerprint density at radius 3 is 3.00 bits per heavy atom. The van der Waals surface area contributed by atoms with Gasteiger partial charge in [0.2, 0.25) is 5.78 Å². The van der Waals surface area contributed by atoms with Gasteiger partial charge < -0.3 is 4.74 Å². The molecular weight excluding hydrogens is 352 g/mol. The number of nitrogens with zero attached hydrogens (tertiary/aromatic N) is 2. The van der Waals surface area contributed by atoms with E-state index in [1.165, 1.54) is 11.3 Å². The normalized spacial score (nSPS) is 11.1. The van der Waals surface area contributed by atoms with Crippen LogP contribution in [0.3, 0.4) is 0 Å². The molecule has 0 unspecified atom stereocenters. The summed E-state index contributed by atoms with van der Waals surface area (Å²) in [5.41, 5.74) is 0.568. The summed E-state index contributed by atoms with van der Waals surface area (Å²) in [6, 6.07) is 9.92. The number of hydrogen-bond acceptors (Lipinski definition) is 4. The van der Waals surface area contributed by atoms with Crippen LogP contribution in [-0.2, 0) is 11.3 Å². The van der Waals surface area contributed by atoms with Gasteiger partial charge in [0.1, 0.15) is 5.69 Å². The zero-order chi connectivity index (χ0) is 14.8. The molecule has 0 radical (unpaired) electrons. The SMILES string of the molecule is COCCn1ncc(Br)c1C(=O)c1cc2ccccc2s1. The Morgan fingerprint density at radius 1 is 1.43 bits per heavy atom. The summed E-state index contributed by atoms with van der Waals surface area (Å²) in [4.78, 5) is 13.5. The topological polar surface area (TPSA) is 44.1 Å². The number of benzene rings is 1. The summed E-state index contributed by atoms with van der Waals surface area (Å²) in [7, 11) is 1.63. The smallest absolute Gasteiger partial charge is 0.222 e. The van der Waals surface area contributed by atoms with Gasteiger partial charge in [-0.25, -0.2) is 0 Å². The lowest BCUT2D eigenvalue weighted by Crippen LogP contribution is -2.14. The molecule has 0 saturated carbocycles. The quantitative estimate of drug-likeness (QED) is 0.647. The van der Waals surface area contributed by atoms with Crippen molar-refractivity contribution < 1.29 is 9.53 Å². The van der Waals surface area contributed by atoms with E-state index >= 15 is 0 Å². The highest BCUT2D eigenvalue weighted by Gasteiger charge is 2.20. The molecule has 0 aliphatic heterocycles. The molecule has 6 heteroatoms. The molecule has 3 rings (SSSR count). The monoisotopic (exact) mass is 364 g/mol. The average molecular weight is 365 g/mol. The maximum Gasteiger partial charge on any atom is 0.222 e. The molecule has 0 aliphatic rings. The minimum Gasteiger partial charge on any atom is -0.383 e. The van der Waals surface area contributed by atoms with Gasteiger partial charge in [0.15, 0.2) is 0 Å². The zero-order valence-corrected chi connectivity index (χ0v) is 13.8. The fourth-order valence-electron chi connectivity index (χ4n) is 2.15. The summed E-state index contributed by atoms with van der Waals surface area (Å²) in [6.07, 6.45) is 1.65. The van der Waals surface area contributed by atoms with Crippen LogP contribution in [0.15, 0.2) is 41.0 Å². The molecule has 0 amide bonds. The van der Waals surface area contributed by atoms with E-state index in [1.807, 2.05) is 30.3 Å². The highest BCUT2D eigenvalue weighted by molar-refractivity contribution is 9.10. The fraction of sp³-hybridized carbons (Fsp3) is 0.200. The number of carbonyl (C=O) groups is 1. The van der Waals surface area contributed by atoms with Crippen LogP contribution in [0.1, 0.15) is 15.4 Å². The number of aromatic nitrogens is 2. The van der Waals surface area contributed by atoms with Crippen molar-refractivity contribution in [2.75, 3.05) is 13.7 Å². The largest absolute Gasteiger partial charge is 0.383 e. The van der Waals surface area contributed by atoms with Gasteiger partial charge in [-0.15, -0.1) is 11.3 Å². The number of thiophene rings is 1. The first-order chi connectivity index (χ1) is 10.2. The molecule has 0 fully saturated rings.